The van der Waals surface area contributed by atoms with Gasteiger partial charge in [0.25, 0.3) is 0 Å². The summed E-state index contributed by atoms with van der Waals surface area (Å²) in [5.41, 5.74) is 11.7. The first-order chi connectivity index (χ1) is 21.3. The first-order valence-corrected chi connectivity index (χ1v) is 14.6. The van der Waals surface area contributed by atoms with Gasteiger partial charge in [0.2, 0.25) is 5.78 Å². The molecule has 6 aromatic carbocycles. The maximum atomic E-state index is 6.39. The van der Waals surface area contributed by atoms with E-state index in [4.69, 9.17) is 9.40 Å². The van der Waals surface area contributed by atoms with Crippen LogP contribution >= 0.6 is 0 Å². The van der Waals surface area contributed by atoms with Gasteiger partial charge in [-0.3, -0.25) is 8.97 Å². The summed E-state index contributed by atoms with van der Waals surface area (Å²) in [5, 5.41) is 4.72. The zero-order chi connectivity index (χ0) is 28.2. The van der Waals surface area contributed by atoms with E-state index in [1.165, 1.54) is 21.8 Å². The third kappa shape index (κ3) is 2.93. The van der Waals surface area contributed by atoms with Crippen LogP contribution in [0.25, 0.3) is 83.0 Å². The molecule has 5 heteroatoms. The van der Waals surface area contributed by atoms with Gasteiger partial charge in [-0.25, -0.2) is 4.98 Å². The number of furan rings is 1. The number of rotatable bonds is 2. The SMILES string of the molecule is Cc1cccc2c1oc1cccc(-n3c4ccccc4n4c5cc(-n6c7ccccc7c7ccccc76)ccc5nc34)c12. The number of nitrogens with zero attached hydrogens (tertiary/aromatic N) is 4. The molecule has 4 heterocycles. The second-order valence-corrected chi connectivity index (χ2v) is 11.3. The Morgan fingerprint density at radius 3 is 2.02 bits per heavy atom. The van der Waals surface area contributed by atoms with E-state index in [0.717, 1.165) is 66.7 Å². The van der Waals surface area contributed by atoms with Crippen molar-refractivity contribution >= 4 is 71.6 Å². The van der Waals surface area contributed by atoms with Crippen molar-refractivity contribution in [1.82, 2.24) is 18.5 Å². The molecule has 0 radical (unpaired) electrons. The van der Waals surface area contributed by atoms with Gasteiger partial charge in [0.15, 0.2) is 0 Å². The summed E-state index contributed by atoms with van der Waals surface area (Å²) < 4.78 is 13.3. The Morgan fingerprint density at radius 2 is 1.23 bits per heavy atom. The first-order valence-electron chi connectivity index (χ1n) is 14.6. The molecule has 202 valence electrons. The lowest BCUT2D eigenvalue weighted by Gasteiger charge is -2.08. The summed E-state index contributed by atoms with van der Waals surface area (Å²) in [4.78, 5) is 5.25. The van der Waals surface area contributed by atoms with Crippen LogP contribution in [0.2, 0.25) is 0 Å². The van der Waals surface area contributed by atoms with E-state index in [9.17, 15) is 0 Å². The Hall–Kier alpha value is -5.81. The van der Waals surface area contributed by atoms with Gasteiger partial charge in [0.1, 0.15) is 11.2 Å². The summed E-state index contributed by atoms with van der Waals surface area (Å²) >= 11 is 0. The average molecular weight is 553 g/mol. The smallest absolute Gasteiger partial charge is 0.220 e. The van der Waals surface area contributed by atoms with E-state index in [1.807, 2.05) is 0 Å². The maximum absolute atomic E-state index is 6.39. The van der Waals surface area contributed by atoms with E-state index in [-0.39, 0.29) is 0 Å². The van der Waals surface area contributed by atoms with Gasteiger partial charge in [-0.2, -0.15) is 0 Å². The quantitative estimate of drug-likeness (QED) is 0.214. The van der Waals surface area contributed by atoms with Gasteiger partial charge in [0, 0.05) is 21.8 Å². The topological polar surface area (TPSA) is 40.3 Å². The highest BCUT2D eigenvalue weighted by atomic mass is 16.3. The predicted molar refractivity (Wildman–Crippen MR) is 176 cm³/mol. The van der Waals surface area contributed by atoms with Gasteiger partial charge in [0.05, 0.1) is 44.2 Å². The Labute approximate surface area is 245 Å². The number of benzene rings is 6. The van der Waals surface area contributed by atoms with Gasteiger partial charge in [-0.1, -0.05) is 72.8 Å². The van der Waals surface area contributed by atoms with Crippen molar-refractivity contribution in [3.8, 4) is 11.4 Å². The fourth-order valence-electron chi connectivity index (χ4n) is 7.12. The summed E-state index contributed by atoms with van der Waals surface area (Å²) in [7, 11) is 0. The van der Waals surface area contributed by atoms with Crippen molar-refractivity contribution in [2.24, 2.45) is 0 Å². The predicted octanol–water partition coefficient (Wildman–Crippen LogP) is 9.74. The molecular formula is C38H24N4O. The van der Waals surface area contributed by atoms with E-state index in [1.54, 1.807) is 0 Å². The van der Waals surface area contributed by atoms with Crippen molar-refractivity contribution in [3.63, 3.8) is 0 Å². The van der Waals surface area contributed by atoms with Crippen LogP contribution in [0, 0.1) is 6.92 Å². The number of aromatic nitrogens is 4. The van der Waals surface area contributed by atoms with Crippen molar-refractivity contribution < 1.29 is 4.42 Å². The summed E-state index contributed by atoms with van der Waals surface area (Å²) in [6.45, 7) is 2.10. The van der Waals surface area contributed by atoms with Crippen LogP contribution in [0.1, 0.15) is 5.56 Å². The summed E-state index contributed by atoms with van der Waals surface area (Å²) in [5.74, 6) is 0.880. The van der Waals surface area contributed by atoms with Gasteiger partial charge in [-0.15, -0.1) is 0 Å². The molecule has 0 N–H and O–H groups in total. The van der Waals surface area contributed by atoms with Gasteiger partial charge < -0.3 is 8.98 Å². The second kappa shape index (κ2) is 8.14. The van der Waals surface area contributed by atoms with Crippen LogP contribution in [0.5, 0.6) is 0 Å². The lowest BCUT2D eigenvalue weighted by atomic mass is 10.1. The highest BCUT2D eigenvalue weighted by Crippen LogP contribution is 2.39. The fraction of sp³-hybridized carbons (Fsp3) is 0.0263. The Kier molecular flexibility index (Phi) is 4.32. The van der Waals surface area contributed by atoms with Crippen molar-refractivity contribution in [3.05, 3.63) is 133 Å². The molecule has 43 heavy (non-hydrogen) atoms. The Balaban J connectivity index is 1.32. The molecule has 10 aromatic rings. The molecule has 0 atom stereocenters. The molecule has 0 aliphatic carbocycles. The zero-order valence-electron chi connectivity index (χ0n) is 23.3. The fourth-order valence-corrected chi connectivity index (χ4v) is 7.12. The molecule has 5 nitrogen and oxygen atoms in total. The van der Waals surface area contributed by atoms with Crippen LogP contribution in [0.4, 0.5) is 0 Å². The molecule has 0 fully saturated rings. The number of hydrogen-bond acceptors (Lipinski definition) is 2. The largest absolute Gasteiger partial charge is 0.456 e. The zero-order valence-corrected chi connectivity index (χ0v) is 23.3. The van der Waals surface area contributed by atoms with Gasteiger partial charge >= 0.3 is 0 Å². The number of imidazole rings is 2. The third-order valence-electron chi connectivity index (χ3n) is 8.96. The number of para-hydroxylation sites is 5. The maximum Gasteiger partial charge on any atom is 0.220 e. The molecular weight excluding hydrogens is 528 g/mol. The third-order valence-corrected chi connectivity index (χ3v) is 8.96. The van der Waals surface area contributed by atoms with Crippen LogP contribution < -0.4 is 0 Å². The van der Waals surface area contributed by atoms with Crippen LogP contribution in [-0.4, -0.2) is 18.5 Å². The van der Waals surface area contributed by atoms with Gasteiger partial charge in [-0.05, 0) is 67.1 Å². The molecule has 0 unspecified atom stereocenters. The number of hydrogen-bond donors (Lipinski definition) is 0. The Bertz CT molecular complexity index is 2700. The molecule has 0 amide bonds. The molecule has 0 spiro atoms. The van der Waals surface area contributed by atoms with Crippen molar-refractivity contribution in [2.45, 2.75) is 6.92 Å². The van der Waals surface area contributed by atoms with E-state index in [2.05, 4.69) is 148 Å². The van der Waals surface area contributed by atoms with Crippen LogP contribution in [-0.2, 0) is 0 Å². The standard InChI is InChI=1S/C38H24N4O/c1-23-10-8-13-27-36-33(18-9-19-35(36)43-37(23)27)41-31-16-6-7-17-32(31)42-34-22-24(20-21-28(34)39-38(41)42)40-29-14-4-2-11-25(29)26-12-3-5-15-30(26)40/h2-22H,1H3. The summed E-state index contributed by atoms with van der Waals surface area (Å²) in [6.07, 6.45) is 0. The average Bonchev–Trinajstić information content (AvgIpc) is 3.78. The molecule has 0 aliphatic heterocycles. The lowest BCUT2D eigenvalue weighted by Crippen LogP contribution is -1.95. The van der Waals surface area contributed by atoms with Crippen LogP contribution in [0.15, 0.2) is 132 Å². The molecule has 0 bridgehead atoms. The minimum Gasteiger partial charge on any atom is -0.456 e. The van der Waals surface area contributed by atoms with E-state index < -0.39 is 0 Å². The van der Waals surface area contributed by atoms with E-state index in [0.29, 0.717) is 0 Å². The lowest BCUT2D eigenvalue weighted by molar-refractivity contribution is 0.665. The minimum absolute atomic E-state index is 0.877. The van der Waals surface area contributed by atoms with Crippen molar-refractivity contribution in [2.75, 3.05) is 0 Å². The molecule has 0 saturated heterocycles. The van der Waals surface area contributed by atoms with Crippen LogP contribution in [0.3, 0.4) is 0 Å². The van der Waals surface area contributed by atoms with Crippen molar-refractivity contribution in [1.29, 1.82) is 0 Å². The number of fused-ring (bicyclic) bond motifs is 11. The summed E-state index contributed by atoms with van der Waals surface area (Å²) in [6, 6.07) is 45.1. The molecule has 10 rings (SSSR count). The molecule has 0 saturated carbocycles. The monoisotopic (exact) mass is 552 g/mol. The first kappa shape index (κ1) is 22.8. The number of aryl methyl sites for hydroxylation is 1. The Morgan fingerprint density at radius 1 is 0.558 bits per heavy atom. The highest BCUT2D eigenvalue weighted by molar-refractivity contribution is 6.12. The minimum atomic E-state index is 0.877. The highest BCUT2D eigenvalue weighted by Gasteiger charge is 2.21. The van der Waals surface area contributed by atoms with E-state index >= 15 is 0 Å². The molecule has 0 aliphatic rings. The molecule has 4 aromatic heterocycles. The second-order valence-electron chi connectivity index (χ2n) is 11.3. The normalized spacial score (nSPS) is 12.3.